The first-order valence-electron chi connectivity index (χ1n) is 9.07. The lowest BCUT2D eigenvalue weighted by atomic mass is 10.2. The molecule has 1 aliphatic heterocycles. The van der Waals surface area contributed by atoms with Gasteiger partial charge in [0.1, 0.15) is 10.6 Å². The maximum atomic E-state index is 12.2. The van der Waals surface area contributed by atoms with Crippen LogP contribution in [-0.2, 0) is 14.8 Å². The fraction of sp³-hybridized carbons (Fsp3) is 0.158. The Labute approximate surface area is 187 Å². The summed E-state index contributed by atoms with van der Waals surface area (Å²) in [4.78, 5) is 12.4. The van der Waals surface area contributed by atoms with Crippen LogP contribution >= 0.6 is 23.1 Å². The van der Waals surface area contributed by atoms with Crippen molar-refractivity contribution in [2.45, 2.75) is 15.7 Å². The van der Waals surface area contributed by atoms with Crippen LogP contribution in [0.1, 0.15) is 12.0 Å². The molecule has 1 amide bonds. The summed E-state index contributed by atoms with van der Waals surface area (Å²) in [5.41, 5.74) is 1.12. The Morgan fingerprint density at radius 2 is 1.90 bits per heavy atom. The number of anilines is 2. The van der Waals surface area contributed by atoms with Gasteiger partial charge >= 0.3 is 0 Å². The van der Waals surface area contributed by atoms with E-state index in [1.807, 2.05) is 12.1 Å². The van der Waals surface area contributed by atoms with Gasteiger partial charge in [-0.2, -0.15) is 8.42 Å². The molecule has 0 saturated carbocycles. The smallest absolute Gasteiger partial charge is 0.285 e. The highest BCUT2D eigenvalue weighted by Crippen LogP contribution is 2.30. The zero-order chi connectivity index (χ0) is 21.8. The summed E-state index contributed by atoms with van der Waals surface area (Å²) >= 11 is 2.65. The summed E-state index contributed by atoms with van der Waals surface area (Å²) in [6.45, 7) is 0. The normalized spacial score (nSPS) is 13.9. The molecule has 0 radical (unpaired) electrons. The summed E-state index contributed by atoms with van der Waals surface area (Å²) < 4.78 is 33.9. The van der Waals surface area contributed by atoms with Crippen LogP contribution in [0.15, 0.2) is 62.2 Å². The molecule has 0 saturated heterocycles. The number of thioether (sulfide) groups is 1. The van der Waals surface area contributed by atoms with E-state index in [2.05, 4.69) is 25.2 Å². The highest BCUT2D eigenvalue weighted by molar-refractivity contribution is 8.01. The number of carbonyl (C=O) groups excluding carboxylic acids is 1. The summed E-state index contributed by atoms with van der Waals surface area (Å²) in [6.07, 6.45) is 0.281. The third kappa shape index (κ3) is 4.86. The second-order valence-corrected chi connectivity index (χ2v) is 10.1. The van der Waals surface area contributed by atoms with E-state index in [0.717, 1.165) is 0 Å². The van der Waals surface area contributed by atoms with Crippen LogP contribution in [0.4, 0.5) is 10.8 Å². The van der Waals surface area contributed by atoms with Gasteiger partial charge in [0, 0.05) is 17.7 Å². The maximum Gasteiger partial charge on any atom is 0.285 e. The summed E-state index contributed by atoms with van der Waals surface area (Å²) in [5, 5.41) is 14.3. The van der Waals surface area contributed by atoms with Gasteiger partial charge in [0.05, 0.1) is 12.8 Å². The van der Waals surface area contributed by atoms with Gasteiger partial charge in [-0.1, -0.05) is 47.4 Å². The van der Waals surface area contributed by atoms with Gasteiger partial charge in [-0.3, -0.25) is 4.79 Å². The first kappa shape index (κ1) is 21.3. The number of sulfonamides is 1. The third-order valence-electron chi connectivity index (χ3n) is 4.20. The molecule has 1 aromatic heterocycles. The molecular weight excluding hydrogens is 458 g/mol. The van der Waals surface area contributed by atoms with Gasteiger partial charge in [0.2, 0.25) is 11.0 Å². The number of hydrogen-bond donors (Lipinski definition) is 2. The van der Waals surface area contributed by atoms with Crippen LogP contribution in [0, 0.1) is 0 Å². The van der Waals surface area contributed by atoms with Crippen molar-refractivity contribution in [1.29, 1.82) is 0 Å². The number of ether oxygens (including phenoxy) is 1. The topological polar surface area (TPSA) is 123 Å². The highest BCUT2D eigenvalue weighted by atomic mass is 32.2. The average Bonchev–Trinajstić information content (AvgIpc) is 3.30. The number of nitrogens with zero attached hydrogens (tertiary/aromatic N) is 3. The lowest BCUT2D eigenvalue weighted by molar-refractivity contribution is -0.115. The molecule has 9 nitrogen and oxygen atoms in total. The minimum atomic E-state index is -3.70. The summed E-state index contributed by atoms with van der Waals surface area (Å²) in [6, 6.07) is 13.8. The van der Waals surface area contributed by atoms with Crippen molar-refractivity contribution >= 4 is 55.7 Å². The van der Waals surface area contributed by atoms with Crippen molar-refractivity contribution in [1.82, 2.24) is 10.2 Å². The molecule has 2 aromatic carbocycles. The summed E-state index contributed by atoms with van der Waals surface area (Å²) in [5.74, 6) is 1.19. The van der Waals surface area contributed by atoms with Crippen LogP contribution < -0.4 is 15.4 Å². The largest absolute Gasteiger partial charge is 0.495 e. The van der Waals surface area contributed by atoms with E-state index in [-0.39, 0.29) is 23.1 Å². The zero-order valence-electron chi connectivity index (χ0n) is 16.2. The quantitative estimate of drug-likeness (QED) is 0.500. The molecule has 0 fully saturated rings. The number of nitrogens with one attached hydrogen (secondary N) is 2. The Morgan fingerprint density at radius 1 is 1.13 bits per heavy atom. The molecular formula is C19H17N5O4S3. The van der Waals surface area contributed by atoms with E-state index in [9.17, 15) is 13.2 Å². The molecule has 0 aliphatic carbocycles. The fourth-order valence-electron chi connectivity index (χ4n) is 2.81. The van der Waals surface area contributed by atoms with Crippen LogP contribution in [0.5, 0.6) is 5.75 Å². The van der Waals surface area contributed by atoms with Gasteiger partial charge in [-0.05, 0) is 24.3 Å². The van der Waals surface area contributed by atoms with Gasteiger partial charge < -0.3 is 15.4 Å². The molecule has 4 rings (SSSR count). The lowest BCUT2D eigenvalue weighted by Gasteiger charge is -2.09. The standard InChI is InChI=1S/C19H17N5O4S3/c1-28-14-8-4-3-7-13(14)20-16(25)10-11-29-19-23-22-18(30-19)21-17-12-6-2-5-9-15(12)31(26,27)24-17/h2-9H,10-11H2,1H3,(H,20,25)(H,21,22,24). The van der Waals surface area contributed by atoms with E-state index in [1.54, 1.807) is 37.4 Å². The van der Waals surface area contributed by atoms with Crippen molar-refractivity contribution in [2.75, 3.05) is 23.5 Å². The van der Waals surface area contributed by atoms with Gasteiger partial charge in [-0.15, -0.1) is 14.6 Å². The number of hydrogen-bond acceptors (Lipinski definition) is 9. The highest BCUT2D eigenvalue weighted by Gasteiger charge is 2.29. The molecule has 0 unspecified atom stereocenters. The van der Waals surface area contributed by atoms with Crippen molar-refractivity contribution in [3.63, 3.8) is 0 Å². The molecule has 0 bridgehead atoms. The first-order chi connectivity index (χ1) is 15.0. The van der Waals surface area contributed by atoms with Crippen LogP contribution in [0.2, 0.25) is 0 Å². The molecule has 0 atom stereocenters. The molecule has 2 heterocycles. The molecule has 160 valence electrons. The molecule has 31 heavy (non-hydrogen) atoms. The van der Waals surface area contributed by atoms with Gasteiger partial charge in [-0.25, -0.2) is 0 Å². The second-order valence-electron chi connectivity index (χ2n) is 6.26. The Hall–Kier alpha value is -2.96. The van der Waals surface area contributed by atoms with Crippen molar-refractivity contribution in [2.24, 2.45) is 4.40 Å². The Bertz CT molecular complexity index is 1260. The van der Waals surface area contributed by atoms with Crippen LogP contribution in [0.25, 0.3) is 0 Å². The van der Waals surface area contributed by atoms with E-state index in [4.69, 9.17) is 4.74 Å². The number of amidine groups is 1. The Balaban J connectivity index is 1.32. The molecule has 1 aliphatic rings. The van der Waals surface area contributed by atoms with Gasteiger partial charge in [0.15, 0.2) is 10.2 Å². The van der Waals surface area contributed by atoms with E-state index in [1.165, 1.54) is 29.2 Å². The number of para-hydroxylation sites is 2. The number of rotatable bonds is 7. The third-order valence-corrected chi connectivity index (χ3v) is 7.51. The maximum absolute atomic E-state index is 12.2. The molecule has 0 spiro atoms. The van der Waals surface area contributed by atoms with E-state index >= 15 is 0 Å². The van der Waals surface area contributed by atoms with E-state index in [0.29, 0.717) is 32.2 Å². The van der Waals surface area contributed by atoms with Crippen molar-refractivity contribution in [3.05, 3.63) is 54.1 Å². The number of methoxy groups -OCH3 is 1. The summed E-state index contributed by atoms with van der Waals surface area (Å²) in [7, 11) is -2.15. The predicted octanol–water partition coefficient (Wildman–Crippen LogP) is 3.23. The minimum Gasteiger partial charge on any atom is -0.495 e. The fourth-order valence-corrected chi connectivity index (χ4v) is 5.74. The van der Waals surface area contributed by atoms with Crippen LogP contribution in [0.3, 0.4) is 0 Å². The molecule has 2 N–H and O–H groups in total. The monoisotopic (exact) mass is 475 g/mol. The minimum absolute atomic E-state index is 0.137. The van der Waals surface area contributed by atoms with E-state index < -0.39 is 10.0 Å². The average molecular weight is 476 g/mol. The Kier molecular flexibility index (Phi) is 6.20. The van der Waals surface area contributed by atoms with Crippen molar-refractivity contribution in [3.8, 4) is 5.75 Å². The Morgan fingerprint density at radius 3 is 2.74 bits per heavy atom. The van der Waals surface area contributed by atoms with Gasteiger partial charge in [0.25, 0.3) is 10.0 Å². The first-order valence-corrected chi connectivity index (χ1v) is 12.3. The number of benzene rings is 2. The zero-order valence-corrected chi connectivity index (χ0v) is 18.7. The predicted molar refractivity (Wildman–Crippen MR) is 121 cm³/mol. The van der Waals surface area contributed by atoms with Crippen molar-refractivity contribution < 1.29 is 17.9 Å². The lowest BCUT2D eigenvalue weighted by Crippen LogP contribution is -2.12. The second kappa shape index (κ2) is 9.04. The number of fused-ring (bicyclic) bond motifs is 1. The SMILES string of the molecule is COc1ccccc1NC(=O)CCSc1nnc(NC2=NS(=O)(=O)c3ccccc32)s1. The number of carbonyl (C=O) groups is 1. The van der Waals surface area contributed by atoms with Crippen LogP contribution in [-0.4, -0.2) is 43.2 Å². The molecule has 3 aromatic rings. The number of amides is 1. The number of aromatic nitrogens is 2. The molecule has 12 heteroatoms.